The number of aromatic nitrogens is 3. The van der Waals surface area contributed by atoms with Crippen LogP contribution in [0.4, 0.5) is 5.82 Å². The summed E-state index contributed by atoms with van der Waals surface area (Å²) in [6.07, 6.45) is 4.43. The quantitative estimate of drug-likeness (QED) is 0.417. The molecule has 0 spiro atoms. The Morgan fingerprint density at radius 3 is 2.60 bits per heavy atom. The Labute approximate surface area is 206 Å². The summed E-state index contributed by atoms with van der Waals surface area (Å²) in [5.41, 5.74) is 8.60. The number of rotatable bonds is 6. The summed E-state index contributed by atoms with van der Waals surface area (Å²) in [5, 5.41) is 1.18. The second-order valence-corrected chi connectivity index (χ2v) is 10.7. The fraction of sp³-hybridized carbons (Fsp3) is 0.519. The third kappa shape index (κ3) is 4.77. The maximum atomic E-state index is 12.9. The van der Waals surface area contributed by atoms with Crippen molar-refractivity contribution in [1.29, 1.82) is 0 Å². The number of nitrogen functional groups attached to an aromatic ring is 1. The zero-order valence-electron chi connectivity index (χ0n) is 20.9. The van der Waals surface area contributed by atoms with E-state index in [9.17, 15) is 4.79 Å². The first-order valence-electron chi connectivity index (χ1n) is 12.8. The molecular weight excluding hydrogens is 438 g/mol. The highest BCUT2D eigenvalue weighted by Crippen LogP contribution is 2.39. The molecule has 1 aliphatic carbocycles. The topological polar surface area (TPSA) is 106 Å². The van der Waals surface area contributed by atoms with Crippen molar-refractivity contribution in [1.82, 2.24) is 19.5 Å². The van der Waals surface area contributed by atoms with Crippen LogP contribution in [0.2, 0.25) is 0 Å². The molecular formula is C27H37N7O. The van der Waals surface area contributed by atoms with Crippen LogP contribution >= 0.6 is 0 Å². The van der Waals surface area contributed by atoms with Crippen molar-refractivity contribution in [2.75, 3.05) is 43.5 Å². The summed E-state index contributed by atoms with van der Waals surface area (Å²) in [7, 11) is 0. The molecule has 1 saturated heterocycles. The van der Waals surface area contributed by atoms with Gasteiger partial charge in [-0.3, -0.25) is 9.69 Å². The van der Waals surface area contributed by atoms with E-state index in [-0.39, 0.29) is 17.0 Å². The van der Waals surface area contributed by atoms with E-state index in [1.165, 1.54) is 10.1 Å². The van der Waals surface area contributed by atoms with E-state index in [4.69, 9.17) is 21.5 Å². The number of nitrogens with zero attached hydrogens (tertiary/aromatic N) is 5. The second kappa shape index (κ2) is 9.59. The first-order valence-corrected chi connectivity index (χ1v) is 12.8. The summed E-state index contributed by atoms with van der Waals surface area (Å²) >= 11 is 0. The molecule has 1 unspecified atom stereocenters. The third-order valence-electron chi connectivity index (χ3n) is 7.87. The van der Waals surface area contributed by atoms with E-state index < -0.39 is 0 Å². The van der Waals surface area contributed by atoms with Crippen molar-refractivity contribution in [3.63, 3.8) is 0 Å². The predicted octanol–water partition coefficient (Wildman–Crippen LogP) is 2.62. The van der Waals surface area contributed by atoms with Gasteiger partial charge in [-0.15, -0.1) is 0 Å². The first-order chi connectivity index (χ1) is 16.8. The van der Waals surface area contributed by atoms with E-state index in [0.29, 0.717) is 17.8 Å². The Kier molecular flexibility index (Phi) is 6.51. The molecule has 1 atom stereocenters. The number of nitrogens with two attached hydrogens (primary N) is 2. The van der Waals surface area contributed by atoms with Gasteiger partial charge in [0.2, 0.25) is 0 Å². The number of piperazine rings is 1. The van der Waals surface area contributed by atoms with E-state index in [0.717, 1.165) is 75.4 Å². The minimum atomic E-state index is -0.321. The molecule has 3 heterocycles. The molecule has 5 rings (SSSR count). The van der Waals surface area contributed by atoms with Crippen molar-refractivity contribution in [3.8, 4) is 0 Å². The standard InChI is InChI=1S/C27H37N7O/c1-27(2)13-12-21-24(25(27)28)26(35)34(29)23(31-21)9-5-6-14-32-15-17-33(18-16-32)22-11-10-19-7-3-4-8-20(19)30-22/h3-4,7-8,10-11,25H,5-6,9,12-18,28-29H2,1-2H3. The highest BCUT2D eigenvalue weighted by atomic mass is 16.1. The van der Waals surface area contributed by atoms with Crippen LogP contribution in [0.3, 0.4) is 0 Å². The van der Waals surface area contributed by atoms with E-state index in [1.54, 1.807) is 0 Å². The molecule has 1 aromatic carbocycles. The molecule has 1 aliphatic heterocycles. The average Bonchev–Trinajstić information content (AvgIpc) is 2.87. The molecule has 8 nitrogen and oxygen atoms in total. The third-order valence-corrected chi connectivity index (χ3v) is 7.87. The fourth-order valence-corrected chi connectivity index (χ4v) is 5.36. The van der Waals surface area contributed by atoms with Crippen LogP contribution in [0, 0.1) is 5.41 Å². The zero-order valence-corrected chi connectivity index (χ0v) is 20.9. The molecule has 35 heavy (non-hydrogen) atoms. The Hall–Kier alpha value is -2.97. The van der Waals surface area contributed by atoms with E-state index in [2.05, 4.69) is 47.9 Å². The van der Waals surface area contributed by atoms with Crippen LogP contribution in [0.15, 0.2) is 41.2 Å². The van der Waals surface area contributed by atoms with Crippen molar-refractivity contribution in [2.24, 2.45) is 11.1 Å². The van der Waals surface area contributed by atoms with Crippen LogP contribution in [-0.4, -0.2) is 52.3 Å². The molecule has 3 aromatic rings. The molecule has 4 N–H and O–H groups in total. The van der Waals surface area contributed by atoms with Crippen molar-refractivity contribution < 1.29 is 0 Å². The van der Waals surface area contributed by atoms with Gasteiger partial charge in [0.15, 0.2) is 0 Å². The van der Waals surface area contributed by atoms with Crippen molar-refractivity contribution in [3.05, 3.63) is 63.8 Å². The van der Waals surface area contributed by atoms with Crippen molar-refractivity contribution >= 4 is 16.7 Å². The molecule has 2 aliphatic rings. The first kappa shape index (κ1) is 23.8. The lowest BCUT2D eigenvalue weighted by atomic mass is 9.72. The Morgan fingerprint density at radius 2 is 1.80 bits per heavy atom. The number of unbranched alkanes of at least 4 members (excludes halogenated alkanes) is 1. The van der Waals surface area contributed by atoms with Gasteiger partial charge in [0.05, 0.1) is 16.8 Å². The molecule has 1 fully saturated rings. The van der Waals surface area contributed by atoms with E-state index in [1.807, 2.05) is 12.1 Å². The van der Waals surface area contributed by atoms with Gasteiger partial charge in [-0.05, 0) is 55.8 Å². The van der Waals surface area contributed by atoms with E-state index >= 15 is 0 Å². The van der Waals surface area contributed by atoms with Crippen LogP contribution in [-0.2, 0) is 12.8 Å². The second-order valence-electron chi connectivity index (χ2n) is 10.7. The SMILES string of the molecule is CC1(C)CCc2nc(CCCCN3CCN(c4ccc5ccccc5n4)CC3)n(N)c(=O)c2C1N. The minimum Gasteiger partial charge on any atom is -0.354 e. The van der Waals surface area contributed by atoms with Crippen molar-refractivity contribution in [2.45, 2.75) is 52.0 Å². The van der Waals surface area contributed by atoms with Crippen LogP contribution < -0.4 is 22.0 Å². The normalized spacial score (nSPS) is 20.2. The molecule has 8 heteroatoms. The highest BCUT2D eigenvalue weighted by molar-refractivity contribution is 5.80. The van der Waals surface area contributed by atoms with Gasteiger partial charge in [-0.25, -0.2) is 14.6 Å². The number of hydrogen-bond donors (Lipinski definition) is 2. The predicted molar refractivity (Wildman–Crippen MR) is 141 cm³/mol. The van der Waals surface area contributed by atoms with Gasteiger partial charge < -0.3 is 16.5 Å². The molecule has 0 saturated carbocycles. The monoisotopic (exact) mass is 475 g/mol. The van der Waals surface area contributed by atoms with Gasteiger partial charge in [-0.1, -0.05) is 32.0 Å². The van der Waals surface area contributed by atoms with Crippen LogP contribution in [0.25, 0.3) is 10.9 Å². The van der Waals surface area contributed by atoms with Gasteiger partial charge >= 0.3 is 0 Å². The number of anilines is 1. The Morgan fingerprint density at radius 1 is 1.03 bits per heavy atom. The molecule has 0 radical (unpaired) electrons. The summed E-state index contributed by atoms with van der Waals surface area (Å²) < 4.78 is 1.23. The molecule has 0 amide bonds. The molecule has 186 valence electrons. The summed E-state index contributed by atoms with van der Waals surface area (Å²) in [4.78, 5) is 27.4. The average molecular weight is 476 g/mol. The van der Waals surface area contributed by atoms with Crippen LogP contribution in [0.5, 0.6) is 0 Å². The van der Waals surface area contributed by atoms with Gasteiger partial charge in [-0.2, -0.15) is 0 Å². The summed E-state index contributed by atoms with van der Waals surface area (Å²) in [6.45, 7) is 9.27. The lowest BCUT2D eigenvalue weighted by Crippen LogP contribution is -2.47. The highest BCUT2D eigenvalue weighted by Gasteiger charge is 2.37. The number of pyridine rings is 1. The smallest absolute Gasteiger partial charge is 0.276 e. The molecule has 0 bridgehead atoms. The molecule has 2 aromatic heterocycles. The maximum Gasteiger partial charge on any atom is 0.276 e. The Balaban J connectivity index is 1.12. The maximum absolute atomic E-state index is 12.9. The van der Waals surface area contributed by atoms with Crippen LogP contribution in [0.1, 0.15) is 56.2 Å². The number of hydrogen-bond acceptors (Lipinski definition) is 7. The van der Waals surface area contributed by atoms with Gasteiger partial charge in [0, 0.05) is 44.0 Å². The number of fused-ring (bicyclic) bond motifs is 2. The summed E-state index contributed by atoms with van der Waals surface area (Å²) in [5.74, 6) is 7.89. The Bertz CT molecular complexity index is 1260. The van der Waals surface area contributed by atoms with Gasteiger partial charge in [0.1, 0.15) is 11.6 Å². The minimum absolute atomic E-state index is 0.114. The number of para-hydroxylation sites is 1. The zero-order chi connectivity index (χ0) is 24.6. The summed E-state index contributed by atoms with van der Waals surface area (Å²) in [6, 6.07) is 12.2. The van der Waals surface area contributed by atoms with Gasteiger partial charge in [0.25, 0.3) is 5.56 Å². The lowest BCUT2D eigenvalue weighted by molar-refractivity contribution is 0.243. The lowest BCUT2D eigenvalue weighted by Gasteiger charge is -2.36. The number of aryl methyl sites for hydroxylation is 2. The fourth-order valence-electron chi connectivity index (χ4n) is 5.36. The largest absolute Gasteiger partial charge is 0.354 e. The number of benzene rings is 1.